The number of nitrogens with one attached hydrogen (secondary N) is 2. The Morgan fingerprint density at radius 2 is 1.80 bits per heavy atom. The third-order valence-electron chi connectivity index (χ3n) is 13.1. The number of nitrogens with zero attached hydrogens (tertiary/aromatic N) is 1. The minimum absolute atomic E-state index is 0.0177. The Morgan fingerprint density at radius 1 is 1.06 bits per heavy atom. The van der Waals surface area contributed by atoms with E-state index in [-0.39, 0.29) is 58.6 Å². The number of hydrogen-bond donors (Lipinski definition) is 2. The van der Waals surface area contributed by atoms with Crippen LogP contribution in [0.2, 0.25) is 18.1 Å². The van der Waals surface area contributed by atoms with E-state index < -0.39 is 13.4 Å². The molecule has 304 valence electrons. The summed E-state index contributed by atoms with van der Waals surface area (Å²) in [6.07, 6.45) is 10.6. The van der Waals surface area contributed by atoms with Crippen LogP contribution in [0.3, 0.4) is 0 Å². The molecule has 2 amide bonds. The number of ether oxygens (including phenoxy) is 2. The normalized spacial score (nSPS) is 26.1. The third-order valence-corrected chi connectivity index (χ3v) is 18.9. The number of carbonyl (C=O) groups excluding carboxylic acids is 2. The average molecular weight is 790 g/mol. The zero-order valence-corrected chi connectivity index (χ0v) is 36.2. The highest BCUT2D eigenvalue weighted by Gasteiger charge is 2.50. The topological polar surface area (TPSA) is 138 Å². The maximum Gasteiger partial charge on any atom is 0.315 e. The van der Waals surface area contributed by atoms with E-state index in [1.54, 1.807) is 0 Å². The maximum absolute atomic E-state index is 12.9. The predicted molar refractivity (Wildman–Crippen MR) is 217 cm³/mol. The van der Waals surface area contributed by atoms with Gasteiger partial charge in [0.2, 0.25) is 8.32 Å². The highest BCUT2D eigenvalue weighted by Crippen LogP contribution is 2.57. The van der Waals surface area contributed by atoms with Gasteiger partial charge in [-0.2, -0.15) is 11.8 Å². The molecular formula is C41H67N3O8SSi. The lowest BCUT2D eigenvalue weighted by molar-refractivity contribution is -0.757. The minimum Gasteiger partial charge on any atom is -0.543 e. The number of carbonyl (C=O) groups is 2. The van der Waals surface area contributed by atoms with Gasteiger partial charge >= 0.3 is 12.0 Å². The molecule has 0 bridgehead atoms. The molecule has 13 heteroatoms. The Kier molecular flexibility index (Phi) is 13.5. The number of benzene rings is 1. The Morgan fingerprint density at radius 3 is 2.52 bits per heavy atom. The van der Waals surface area contributed by atoms with Gasteiger partial charge in [0.05, 0.1) is 25.3 Å². The third kappa shape index (κ3) is 10.4. The van der Waals surface area contributed by atoms with Crippen molar-refractivity contribution in [3.8, 4) is 11.5 Å². The van der Waals surface area contributed by atoms with E-state index in [0.29, 0.717) is 30.6 Å². The molecule has 6 atom stereocenters. The van der Waals surface area contributed by atoms with Crippen LogP contribution in [-0.4, -0.2) is 67.3 Å². The van der Waals surface area contributed by atoms with Crippen molar-refractivity contribution in [1.82, 2.24) is 10.6 Å². The Hall–Kier alpha value is -2.67. The summed E-state index contributed by atoms with van der Waals surface area (Å²) in [5, 5.41) is 16.2. The highest BCUT2D eigenvalue weighted by molar-refractivity contribution is 8.00. The van der Waals surface area contributed by atoms with Crippen LogP contribution in [0, 0.1) is 22.0 Å². The molecule has 0 radical (unpaired) electrons. The molecule has 1 aromatic carbocycles. The fraction of sp³-hybridized carbons (Fsp3) is 0.805. The molecule has 3 aliphatic heterocycles. The fourth-order valence-corrected chi connectivity index (χ4v) is 11.3. The van der Waals surface area contributed by atoms with Gasteiger partial charge < -0.3 is 29.4 Å². The molecule has 0 spiro atoms. The van der Waals surface area contributed by atoms with Crippen molar-refractivity contribution < 1.29 is 33.4 Å². The summed E-state index contributed by atoms with van der Waals surface area (Å²) in [7, 11) is -2.22. The second-order valence-electron chi connectivity index (χ2n) is 19.0. The second kappa shape index (κ2) is 17.2. The van der Waals surface area contributed by atoms with E-state index in [1.807, 2.05) is 11.8 Å². The SMILES string of the molecule is CC(C)(CCCCCCO[N+](=O)[O-])c1cc2c(c(O[Si](C)(C)C(C)(C)C)c1)[C@@H]1C[C@H](COC(=O)CCCC[C@@H]3SC[C@@H]4NC(=O)NC43)CC[C@H]1C(C)(C)O2. The number of fused-ring (bicyclic) bond motifs is 4. The van der Waals surface area contributed by atoms with Crippen molar-refractivity contribution in [3.63, 3.8) is 0 Å². The van der Waals surface area contributed by atoms with Crippen molar-refractivity contribution in [2.45, 2.75) is 178 Å². The van der Waals surface area contributed by atoms with Gasteiger partial charge in [0.1, 0.15) is 17.1 Å². The number of hydrogen-bond acceptors (Lipinski definition) is 9. The zero-order chi connectivity index (χ0) is 39.5. The molecule has 5 rings (SSSR count). The lowest BCUT2D eigenvalue weighted by Gasteiger charge is -2.50. The van der Waals surface area contributed by atoms with E-state index in [1.165, 1.54) is 11.1 Å². The first-order chi connectivity index (χ1) is 25.3. The van der Waals surface area contributed by atoms with Crippen LogP contribution in [0.15, 0.2) is 12.1 Å². The molecule has 3 heterocycles. The van der Waals surface area contributed by atoms with E-state index in [2.05, 4.69) is 89.2 Å². The number of urea groups is 1. The summed E-state index contributed by atoms with van der Waals surface area (Å²) in [6.45, 7) is 21.1. The first-order valence-electron chi connectivity index (χ1n) is 20.5. The quantitative estimate of drug-likeness (QED) is 0.0372. The van der Waals surface area contributed by atoms with Crippen molar-refractivity contribution in [1.29, 1.82) is 0 Å². The van der Waals surface area contributed by atoms with Gasteiger partial charge in [-0.3, -0.25) is 4.79 Å². The van der Waals surface area contributed by atoms with Crippen molar-refractivity contribution in [2.24, 2.45) is 11.8 Å². The summed E-state index contributed by atoms with van der Waals surface area (Å²) < 4.78 is 20.2. The minimum atomic E-state index is -2.22. The van der Waals surface area contributed by atoms with Crippen molar-refractivity contribution in [3.05, 3.63) is 33.4 Å². The molecule has 1 aliphatic carbocycles. The summed E-state index contributed by atoms with van der Waals surface area (Å²) in [5.74, 6) is 3.55. The van der Waals surface area contributed by atoms with Crippen molar-refractivity contribution >= 4 is 32.1 Å². The van der Waals surface area contributed by atoms with Gasteiger partial charge in [0, 0.05) is 28.9 Å². The Bertz CT molecular complexity index is 1500. The van der Waals surface area contributed by atoms with Gasteiger partial charge in [-0.05, 0) is 112 Å². The van der Waals surface area contributed by atoms with Crippen LogP contribution in [-0.2, 0) is 19.8 Å². The maximum atomic E-state index is 12.9. The number of rotatable bonds is 18. The van der Waals surface area contributed by atoms with Gasteiger partial charge in [-0.25, -0.2) is 4.79 Å². The molecule has 1 aromatic rings. The average Bonchev–Trinajstić information content (AvgIpc) is 3.62. The molecule has 4 aliphatic rings. The van der Waals surface area contributed by atoms with Gasteiger partial charge in [-0.1, -0.05) is 60.3 Å². The summed E-state index contributed by atoms with van der Waals surface area (Å²) in [5.41, 5.74) is 1.91. The van der Waals surface area contributed by atoms with Crippen molar-refractivity contribution in [2.75, 3.05) is 19.0 Å². The summed E-state index contributed by atoms with van der Waals surface area (Å²) >= 11 is 1.91. The first-order valence-corrected chi connectivity index (χ1v) is 24.4. The number of unbranched alkanes of at least 4 members (excludes halogenated alkanes) is 4. The number of thioether (sulfide) groups is 1. The van der Waals surface area contributed by atoms with Crippen LogP contribution < -0.4 is 19.8 Å². The standard InChI is InChI=1S/C41H67N3O8SSi/c1-39(2,3)54(8,9)52-33-24-28(40(4,5)20-14-10-11-15-21-50-44(47)48)23-32-36(33)29-22-27(18-19-30(29)41(6,7)51-32)25-49-35(45)17-13-12-16-34-37-31(26-53-34)42-38(46)43-37/h23-24,27,29-31,34,37H,10-22,25-26H2,1-9H3,(H2,42,43,46)/t27-,29-,30-,31+,34+,37?/m1/s1. The lowest BCUT2D eigenvalue weighted by atomic mass is 9.63. The van der Waals surface area contributed by atoms with Gasteiger partial charge in [0.15, 0.2) is 0 Å². The van der Waals surface area contributed by atoms with Crippen LogP contribution in [0.4, 0.5) is 4.79 Å². The number of amides is 2. The van der Waals surface area contributed by atoms with Crippen LogP contribution >= 0.6 is 11.8 Å². The lowest BCUT2D eigenvalue weighted by Crippen LogP contribution is -2.48. The van der Waals surface area contributed by atoms with Gasteiger partial charge in [-0.15, -0.1) is 10.1 Å². The molecular weight excluding hydrogens is 723 g/mol. The molecule has 11 nitrogen and oxygen atoms in total. The molecule has 2 saturated heterocycles. The Labute approximate surface area is 328 Å². The van der Waals surface area contributed by atoms with E-state index in [9.17, 15) is 19.7 Å². The first kappa shape index (κ1) is 42.5. The largest absolute Gasteiger partial charge is 0.543 e. The van der Waals surface area contributed by atoms with E-state index >= 15 is 0 Å². The molecule has 54 heavy (non-hydrogen) atoms. The second-order valence-corrected chi connectivity index (χ2v) is 25.0. The van der Waals surface area contributed by atoms with E-state index in [0.717, 1.165) is 81.5 Å². The van der Waals surface area contributed by atoms with Crippen LogP contribution in [0.5, 0.6) is 11.5 Å². The summed E-state index contributed by atoms with van der Waals surface area (Å²) in [6, 6.07) is 4.93. The molecule has 2 N–H and O–H groups in total. The fourth-order valence-electron chi connectivity index (χ4n) is 8.72. The molecule has 3 fully saturated rings. The monoisotopic (exact) mass is 789 g/mol. The van der Waals surface area contributed by atoms with Crippen LogP contribution in [0.25, 0.3) is 0 Å². The molecule has 1 saturated carbocycles. The Balaban J connectivity index is 1.25. The van der Waals surface area contributed by atoms with Gasteiger partial charge in [0.25, 0.3) is 5.09 Å². The van der Waals surface area contributed by atoms with Crippen LogP contribution in [0.1, 0.15) is 143 Å². The zero-order valence-electron chi connectivity index (χ0n) is 34.3. The smallest absolute Gasteiger partial charge is 0.315 e. The summed E-state index contributed by atoms with van der Waals surface area (Å²) in [4.78, 5) is 39.6. The van der Waals surface area contributed by atoms with E-state index in [4.69, 9.17) is 13.9 Å². The predicted octanol–water partition coefficient (Wildman–Crippen LogP) is 9.45. The molecule has 1 unspecified atom stereocenters. The highest BCUT2D eigenvalue weighted by atomic mass is 32.2. The number of esters is 1. The molecule has 0 aromatic heterocycles.